The van der Waals surface area contributed by atoms with E-state index >= 15 is 0 Å². The molecule has 2 N–H and O–H groups in total. The lowest BCUT2D eigenvalue weighted by molar-refractivity contribution is -0.121. The highest BCUT2D eigenvalue weighted by atomic mass is 16.6. The van der Waals surface area contributed by atoms with Gasteiger partial charge in [0.05, 0.1) is 6.61 Å². The highest BCUT2D eigenvalue weighted by Gasteiger charge is 2.20. The van der Waals surface area contributed by atoms with Crippen molar-refractivity contribution in [2.24, 2.45) is 5.73 Å². The van der Waals surface area contributed by atoms with Crippen LogP contribution in [0.2, 0.25) is 0 Å². The lowest BCUT2D eigenvalue weighted by atomic mass is 10.3. The van der Waals surface area contributed by atoms with Crippen LogP contribution >= 0.6 is 0 Å². The van der Waals surface area contributed by atoms with Crippen molar-refractivity contribution in [3.05, 3.63) is 0 Å². The van der Waals surface area contributed by atoms with Gasteiger partial charge in [-0.25, -0.2) is 4.79 Å². The standard InChI is InChI=1S/C8H16N2O3/c1-4-5-13-8(12)10(3)6(2)7(9)11/h6H,4-5H2,1-3H3,(H2,9,11). The molecule has 0 aromatic rings. The second kappa shape index (κ2) is 5.40. The van der Waals surface area contributed by atoms with E-state index in [4.69, 9.17) is 10.5 Å². The highest BCUT2D eigenvalue weighted by Crippen LogP contribution is 1.98. The number of nitrogens with zero attached hydrogens (tertiary/aromatic N) is 1. The van der Waals surface area contributed by atoms with Crippen molar-refractivity contribution < 1.29 is 14.3 Å². The summed E-state index contributed by atoms with van der Waals surface area (Å²) in [7, 11) is 1.48. The van der Waals surface area contributed by atoms with E-state index in [-0.39, 0.29) is 0 Å². The number of likely N-dealkylation sites (N-methyl/N-ethyl adjacent to an activating group) is 1. The molecule has 5 nitrogen and oxygen atoms in total. The number of hydrogen-bond donors (Lipinski definition) is 1. The van der Waals surface area contributed by atoms with Gasteiger partial charge < -0.3 is 10.5 Å². The lowest BCUT2D eigenvalue weighted by Gasteiger charge is -2.21. The van der Waals surface area contributed by atoms with Crippen molar-refractivity contribution in [1.82, 2.24) is 4.90 Å². The minimum atomic E-state index is -0.635. The largest absolute Gasteiger partial charge is 0.449 e. The third-order valence-corrected chi connectivity index (χ3v) is 1.71. The molecule has 5 heteroatoms. The van der Waals surface area contributed by atoms with Gasteiger partial charge in [-0.1, -0.05) is 6.92 Å². The van der Waals surface area contributed by atoms with E-state index in [1.54, 1.807) is 6.92 Å². The van der Waals surface area contributed by atoms with Crippen LogP contribution in [0.15, 0.2) is 0 Å². The Morgan fingerprint density at radius 1 is 1.54 bits per heavy atom. The summed E-state index contributed by atoms with van der Waals surface area (Å²) in [6.45, 7) is 3.80. The molecule has 0 aliphatic heterocycles. The molecule has 0 rings (SSSR count). The van der Waals surface area contributed by atoms with E-state index in [1.807, 2.05) is 6.92 Å². The zero-order valence-corrected chi connectivity index (χ0v) is 8.24. The SMILES string of the molecule is CCCOC(=O)N(C)C(C)C(N)=O. The molecule has 0 fully saturated rings. The van der Waals surface area contributed by atoms with Crippen molar-refractivity contribution in [2.75, 3.05) is 13.7 Å². The van der Waals surface area contributed by atoms with Crippen molar-refractivity contribution in [3.8, 4) is 0 Å². The first-order valence-electron chi connectivity index (χ1n) is 4.19. The van der Waals surface area contributed by atoms with E-state index in [0.717, 1.165) is 6.42 Å². The molecule has 1 atom stereocenters. The Morgan fingerprint density at radius 2 is 2.08 bits per heavy atom. The Kier molecular flexibility index (Phi) is 4.87. The van der Waals surface area contributed by atoms with E-state index < -0.39 is 18.0 Å². The highest BCUT2D eigenvalue weighted by molar-refractivity contribution is 5.83. The number of hydrogen-bond acceptors (Lipinski definition) is 3. The summed E-state index contributed by atoms with van der Waals surface area (Å²) in [5.41, 5.74) is 5.01. The van der Waals surface area contributed by atoms with Crippen LogP contribution in [-0.2, 0) is 9.53 Å². The summed E-state index contributed by atoms with van der Waals surface area (Å²) < 4.78 is 4.80. The average molecular weight is 188 g/mol. The molecular weight excluding hydrogens is 172 g/mol. The normalized spacial score (nSPS) is 11.9. The van der Waals surface area contributed by atoms with Gasteiger partial charge in [-0.05, 0) is 13.3 Å². The second-order valence-corrected chi connectivity index (χ2v) is 2.80. The quantitative estimate of drug-likeness (QED) is 0.691. The van der Waals surface area contributed by atoms with Gasteiger partial charge in [-0.2, -0.15) is 0 Å². The fourth-order valence-corrected chi connectivity index (χ4v) is 0.640. The lowest BCUT2D eigenvalue weighted by Crippen LogP contribution is -2.43. The Labute approximate surface area is 77.8 Å². The second-order valence-electron chi connectivity index (χ2n) is 2.80. The summed E-state index contributed by atoms with van der Waals surface area (Å²) in [6.07, 6.45) is 0.234. The molecule has 0 aromatic heterocycles. The van der Waals surface area contributed by atoms with Crippen LogP contribution in [0.3, 0.4) is 0 Å². The molecular formula is C8H16N2O3. The summed E-state index contributed by atoms with van der Waals surface area (Å²) in [6, 6.07) is -0.635. The number of nitrogens with two attached hydrogens (primary N) is 1. The van der Waals surface area contributed by atoms with Gasteiger partial charge in [0, 0.05) is 7.05 Å². The molecule has 0 saturated heterocycles. The van der Waals surface area contributed by atoms with Gasteiger partial charge in [-0.15, -0.1) is 0 Å². The van der Waals surface area contributed by atoms with Crippen molar-refractivity contribution in [3.63, 3.8) is 0 Å². The third-order valence-electron chi connectivity index (χ3n) is 1.71. The first-order chi connectivity index (χ1) is 6.00. The maximum absolute atomic E-state index is 11.1. The molecule has 0 aromatic carbocycles. The zero-order valence-electron chi connectivity index (χ0n) is 8.24. The average Bonchev–Trinajstić information content (AvgIpc) is 2.11. The Balaban J connectivity index is 4.01. The van der Waals surface area contributed by atoms with Crippen LogP contribution in [0.25, 0.3) is 0 Å². The number of ether oxygens (including phenoxy) is 1. The smallest absolute Gasteiger partial charge is 0.410 e. The molecule has 0 bridgehead atoms. The van der Waals surface area contributed by atoms with Crippen LogP contribution in [0.1, 0.15) is 20.3 Å². The summed E-state index contributed by atoms with van der Waals surface area (Å²) in [4.78, 5) is 23.0. The van der Waals surface area contributed by atoms with Crippen LogP contribution in [0.4, 0.5) is 4.79 Å². The Morgan fingerprint density at radius 3 is 2.46 bits per heavy atom. The van der Waals surface area contributed by atoms with Gasteiger partial charge in [0.15, 0.2) is 0 Å². The minimum Gasteiger partial charge on any atom is -0.449 e. The van der Waals surface area contributed by atoms with Crippen molar-refractivity contribution in [2.45, 2.75) is 26.3 Å². The third kappa shape index (κ3) is 3.78. The molecule has 1 unspecified atom stereocenters. The summed E-state index contributed by atoms with van der Waals surface area (Å²) in [5, 5.41) is 0. The fraction of sp³-hybridized carbons (Fsp3) is 0.750. The first kappa shape index (κ1) is 11.7. The number of primary amides is 1. The van der Waals surface area contributed by atoms with E-state index in [0.29, 0.717) is 6.61 Å². The predicted octanol–water partition coefficient (Wildman–Crippen LogP) is 0.339. The molecule has 0 aliphatic rings. The maximum atomic E-state index is 11.1. The number of carbonyl (C=O) groups is 2. The van der Waals surface area contributed by atoms with Crippen molar-refractivity contribution in [1.29, 1.82) is 0 Å². The van der Waals surface area contributed by atoms with E-state index in [1.165, 1.54) is 11.9 Å². The predicted molar refractivity (Wildman–Crippen MR) is 48.1 cm³/mol. The first-order valence-corrected chi connectivity index (χ1v) is 4.19. The van der Waals surface area contributed by atoms with E-state index in [2.05, 4.69) is 0 Å². The molecule has 76 valence electrons. The molecule has 0 radical (unpaired) electrons. The molecule has 0 heterocycles. The molecule has 13 heavy (non-hydrogen) atoms. The van der Waals surface area contributed by atoms with Crippen LogP contribution in [0, 0.1) is 0 Å². The van der Waals surface area contributed by atoms with Gasteiger partial charge in [0.25, 0.3) is 0 Å². The number of rotatable bonds is 4. The number of carbonyl (C=O) groups excluding carboxylic acids is 2. The fourth-order valence-electron chi connectivity index (χ4n) is 0.640. The van der Waals surface area contributed by atoms with Gasteiger partial charge >= 0.3 is 6.09 Å². The number of amides is 2. The van der Waals surface area contributed by atoms with Crippen LogP contribution in [0.5, 0.6) is 0 Å². The molecule has 0 spiro atoms. The molecule has 0 saturated carbocycles. The van der Waals surface area contributed by atoms with Crippen LogP contribution in [-0.4, -0.2) is 36.6 Å². The summed E-state index contributed by atoms with van der Waals surface area (Å²) >= 11 is 0. The summed E-state index contributed by atoms with van der Waals surface area (Å²) in [5.74, 6) is -0.545. The van der Waals surface area contributed by atoms with Crippen molar-refractivity contribution >= 4 is 12.0 Å². The Bertz CT molecular complexity index is 194. The topological polar surface area (TPSA) is 72.6 Å². The van der Waals surface area contributed by atoms with E-state index in [9.17, 15) is 9.59 Å². The maximum Gasteiger partial charge on any atom is 0.410 e. The monoisotopic (exact) mass is 188 g/mol. The molecule has 2 amide bonds. The van der Waals surface area contributed by atoms with Crippen LogP contribution < -0.4 is 5.73 Å². The minimum absolute atomic E-state index is 0.356. The van der Waals surface area contributed by atoms with Gasteiger partial charge in [-0.3, -0.25) is 9.69 Å². The van der Waals surface area contributed by atoms with Gasteiger partial charge in [0.2, 0.25) is 5.91 Å². The molecule has 0 aliphatic carbocycles. The zero-order chi connectivity index (χ0) is 10.4. The Hall–Kier alpha value is -1.26. The van der Waals surface area contributed by atoms with Gasteiger partial charge in [0.1, 0.15) is 6.04 Å².